The molecule has 0 saturated heterocycles. The Morgan fingerprint density at radius 2 is 0.635 bits per heavy atom. The third-order valence-electron chi connectivity index (χ3n) is 8.94. The Balaban J connectivity index is 4.36. The zero-order chi connectivity index (χ0) is 38.5. The van der Waals surface area contributed by atoms with Crippen LogP contribution >= 0.6 is 0 Å². The van der Waals surface area contributed by atoms with Crippen molar-refractivity contribution in [1.29, 1.82) is 0 Å². The Morgan fingerprint density at radius 3 is 0.942 bits per heavy atom. The van der Waals surface area contributed by atoms with E-state index in [1.807, 2.05) is 6.92 Å². The van der Waals surface area contributed by atoms with Crippen molar-refractivity contribution in [3.05, 3.63) is 0 Å². The molecule has 0 spiro atoms. The monoisotopic (exact) mass is 742 g/mol. The number of hydrogen-bond acceptors (Lipinski definition) is 11. The van der Waals surface area contributed by atoms with Gasteiger partial charge in [-0.3, -0.25) is 24.0 Å². The van der Waals surface area contributed by atoms with Crippen LogP contribution in [0.25, 0.3) is 0 Å². The SMILES string of the molecule is CCCCCCCCC(=O)OCC(CC)COC(=O)CCNCCC(=O)OCC(COC(=O)CCCCCCC)COC(=O)CCCCCCCC. The van der Waals surface area contributed by atoms with Crippen LogP contribution in [0, 0.1) is 11.8 Å². The van der Waals surface area contributed by atoms with Gasteiger partial charge in [-0.1, -0.05) is 118 Å². The van der Waals surface area contributed by atoms with E-state index in [1.165, 1.54) is 38.5 Å². The van der Waals surface area contributed by atoms with E-state index in [1.54, 1.807) is 0 Å². The molecule has 0 aromatic heterocycles. The quantitative estimate of drug-likeness (QED) is 0.0371. The zero-order valence-corrected chi connectivity index (χ0v) is 33.5. The van der Waals surface area contributed by atoms with Crippen molar-refractivity contribution in [2.45, 2.75) is 175 Å². The standard InChI is InChI=1S/C41H75NO10/c1-5-9-12-15-18-21-24-37(43)48-30-35(8-4)31-49-40(46)26-28-42-29-27-41(47)52-34-36(32-50-38(44)23-20-17-14-11-7-3)33-51-39(45)25-22-19-16-13-10-6-2/h35-36,42H,5-34H2,1-4H3. The summed E-state index contributed by atoms with van der Waals surface area (Å²) in [6.45, 7) is 9.50. The van der Waals surface area contributed by atoms with Crippen molar-refractivity contribution in [3.8, 4) is 0 Å². The summed E-state index contributed by atoms with van der Waals surface area (Å²) in [6, 6.07) is 0. The molecule has 0 aromatic rings. The fourth-order valence-electron chi connectivity index (χ4n) is 5.32. The van der Waals surface area contributed by atoms with Crippen molar-refractivity contribution < 1.29 is 47.7 Å². The molecule has 0 fully saturated rings. The van der Waals surface area contributed by atoms with E-state index in [2.05, 4.69) is 26.1 Å². The molecule has 2 atom stereocenters. The highest BCUT2D eigenvalue weighted by molar-refractivity contribution is 5.71. The van der Waals surface area contributed by atoms with E-state index in [4.69, 9.17) is 23.7 Å². The highest BCUT2D eigenvalue weighted by atomic mass is 16.6. The molecule has 11 nitrogen and oxygen atoms in total. The summed E-state index contributed by atoms with van der Waals surface area (Å²) in [4.78, 5) is 61.2. The summed E-state index contributed by atoms with van der Waals surface area (Å²) in [5.41, 5.74) is 0. The second kappa shape index (κ2) is 36.7. The lowest BCUT2D eigenvalue weighted by molar-refractivity contribution is -0.154. The summed E-state index contributed by atoms with van der Waals surface area (Å²) >= 11 is 0. The molecule has 0 bridgehead atoms. The van der Waals surface area contributed by atoms with Crippen molar-refractivity contribution in [3.63, 3.8) is 0 Å². The second-order valence-corrected chi connectivity index (χ2v) is 14.0. The Hall–Kier alpha value is -2.69. The molecule has 2 unspecified atom stereocenters. The van der Waals surface area contributed by atoms with Gasteiger partial charge in [0.05, 0.1) is 32.0 Å². The van der Waals surface area contributed by atoms with Gasteiger partial charge in [0.1, 0.15) is 19.8 Å². The number of nitrogens with one attached hydrogen (secondary N) is 1. The van der Waals surface area contributed by atoms with Gasteiger partial charge in [0.15, 0.2) is 0 Å². The molecule has 0 amide bonds. The van der Waals surface area contributed by atoms with Gasteiger partial charge in [0.2, 0.25) is 0 Å². The molecule has 0 saturated carbocycles. The highest BCUT2D eigenvalue weighted by Gasteiger charge is 2.18. The summed E-state index contributed by atoms with van der Waals surface area (Å²) in [5, 5.41) is 3.05. The van der Waals surface area contributed by atoms with E-state index in [-0.39, 0.29) is 75.7 Å². The van der Waals surface area contributed by atoms with Crippen LogP contribution in [-0.4, -0.2) is 76.0 Å². The molecule has 1 N–H and O–H groups in total. The minimum Gasteiger partial charge on any atom is -0.465 e. The normalized spacial score (nSPS) is 12.2. The first-order valence-corrected chi connectivity index (χ1v) is 20.7. The lowest BCUT2D eigenvalue weighted by Gasteiger charge is -2.17. The topological polar surface area (TPSA) is 144 Å². The van der Waals surface area contributed by atoms with Gasteiger partial charge < -0.3 is 29.0 Å². The molecular weight excluding hydrogens is 666 g/mol. The van der Waals surface area contributed by atoms with Crippen molar-refractivity contribution >= 4 is 29.8 Å². The van der Waals surface area contributed by atoms with E-state index >= 15 is 0 Å². The maximum absolute atomic E-state index is 12.4. The number of carbonyl (C=O) groups is 5. The van der Waals surface area contributed by atoms with Gasteiger partial charge in [0.25, 0.3) is 0 Å². The van der Waals surface area contributed by atoms with Gasteiger partial charge in [0, 0.05) is 38.3 Å². The molecule has 0 aliphatic rings. The van der Waals surface area contributed by atoms with Crippen LogP contribution in [0.3, 0.4) is 0 Å². The minimum atomic E-state index is -0.458. The molecule has 0 radical (unpaired) electrons. The Labute approximate surface area is 315 Å². The smallest absolute Gasteiger partial charge is 0.307 e. The van der Waals surface area contributed by atoms with E-state index in [0.717, 1.165) is 77.0 Å². The molecule has 0 aliphatic carbocycles. The molecule has 11 heteroatoms. The number of hydrogen-bond donors (Lipinski definition) is 1. The Bertz CT molecular complexity index is 912. The number of rotatable bonds is 37. The second-order valence-electron chi connectivity index (χ2n) is 14.0. The van der Waals surface area contributed by atoms with Gasteiger partial charge in [-0.25, -0.2) is 0 Å². The van der Waals surface area contributed by atoms with Gasteiger partial charge in [-0.05, 0) is 25.7 Å². The third-order valence-corrected chi connectivity index (χ3v) is 8.94. The Kier molecular flexibility index (Phi) is 34.8. The molecule has 0 aromatic carbocycles. The van der Waals surface area contributed by atoms with Crippen LogP contribution in [0.4, 0.5) is 0 Å². The predicted molar refractivity (Wildman–Crippen MR) is 204 cm³/mol. The maximum Gasteiger partial charge on any atom is 0.307 e. The van der Waals surface area contributed by atoms with Crippen LogP contribution in [-0.2, 0) is 47.7 Å². The minimum absolute atomic E-state index is 0.00620. The average Bonchev–Trinajstić information content (AvgIpc) is 3.13. The zero-order valence-electron chi connectivity index (χ0n) is 33.5. The molecule has 0 aliphatic heterocycles. The summed E-state index contributed by atoms with van der Waals surface area (Å²) in [6.07, 6.45) is 20.2. The van der Waals surface area contributed by atoms with Crippen molar-refractivity contribution in [2.75, 3.05) is 46.1 Å². The first-order chi connectivity index (χ1) is 25.2. The van der Waals surface area contributed by atoms with Crippen LogP contribution in [0.5, 0.6) is 0 Å². The lowest BCUT2D eigenvalue weighted by Crippen LogP contribution is -2.28. The number of ether oxygens (including phenoxy) is 5. The fraction of sp³-hybridized carbons (Fsp3) is 0.878. The fourth-order valence-corrected chi connectivity index (χ4v) is 5.32. The van der Waals surface area contributed by atoms with Gasteiger partial charge in [-0.2, -0.15) is 0 Å². The summed E-state index contributed by atoms with van der Waals surface area (Å²) in [7, 11) is 0. The molecular formula is C41H75NO10. The molecule has 304 valence electrons. The molecule has 52 heavy (non-hydrogen) atoms. The molecule has 0 heterocycles. The molecule has 0 rings (SSSR count). The number of carbonyl (C=O) groups excluding carboxylic acids is 5. The van der Waals surface area contributed by atoms with Crippen molar-refractivity contribution in [1.82, 2.24) is 5.32 Å². The Morgan fingerprint density at radius 1 is 0.365 bits per heavy atom. The van der Waals surface area contributed by atoms with Crippen LogP contribution in [0.1, 0.15) is 175 Å². The summed E-state index contributed by atoms with van der Waals surface area (Å²) < 4.78 is 27.1. The third kappa shape index (κ3) is 33.2. The van der Waals surface area contributed by atoms with Crippen LogP contribution < -0.4 is 5.32 Å². The van der Waals surface area contributed by atoms with Crippen LogP contribution in [0.2, 0.25) is 0 Å². The summed E-state index contributed by atoms with van der Waals surface area (Å²) in [5.74, 6) is -2.13. The largest absolute Gasteiger partial charge is 0.465 e. The van der Waals surface area contributed by atoms with E-state index < -0.39 is 11.9 Å². The maximum atomic E-state index is 12.4. The lowest BCUT2D eigenvalue weighted by atomic mass is 10.1. The van der Waals surface area contributed by atoms with E-state index in [0.29, 0.717) is 32.4 Å². The van der Waals surface area contributed by atoms with E-state index in [9.17, 15) is 24.0 Å². The number of unbranched alkanes of at least 4 members (excludes halogenated alkanes) is 14. The van der Waals surface area contributed by atoms with Crippen molar-refractivity contribution in [2.24, 2.45) is 11.8 Å². The average molecular weight is 742 g/mol. The first-order valence-electron chi connectivity index (χ1n) is 20.7. The van der Waals surface area contributed by atoms with Gasteiger partial charge >= 0.3 is 29.8 Å². The number of esters is 5. The van der Waals surface area contributed by atoms with Gasteiger partial charge in [-0.15, -0.1) is 0 Å². The first kappa shape index (κ1) is 49.3. The predicted octanol–water partition coefficient (Wildman–Crippen LogP) is 8.58. The van der Waals surface area contributed by atoms with Crippen LogP contribution in [0.15, 0.2) is 0 Å². The highest BCUT2D eigenvalue weighted by Crippen LogP contribution is 2.12.